The lowest BCUT2D eigenvalue weighted by atomic mass is 10.1. The molecular formula is C12H8F5N3O. The lowest BCUT2D eigenvalue weighted by Gasteiger charge is -2.12. The van der Waals surface area contributed by atoms with Crippen LogP contribution in [0.25, 0.3) is 0 Å². The van der Waals surface area contributed by atoms with Crippen molar-refractivity contribution in [2.75, 3.05) is 5.32 Å². The Hall–Kier alpha value is -2.45. The maximum absolute atomic E-state index is 12.7. The molecule has 0 bridgehead atoms. The summed E-state index contributed by atoms with van der Waals surface area (Å²) in [5.41, 5.74) is -1.92. The highest BCUT2D eigenvalue weighted by atomic mass is 19.4. The first-order valence-electron chi connectivity index (χ1n) is 5.60. The molecule has 0 aliphatic rings. The number of hydrogen-bond acceptors (Lipinski definition) is 2. The van der Waals surface area contributed by atoms with E-state index >= 15 is 0 Å². The van der Waals surface area contributed by atoms with Crippen LogP contribution in [0.4, 0.5) is 27.6 Å². The fourth-order valence-corrected chi connectivity index (χ4v) is 1.59. The van der Waals surface area contributed by atoms with E-state index in [4.69, 9.17) is 0 Å². The molecule has 0 radical (unpaired) electrons. The van der Waals surface area contributed by atoms with Crippen molar-refractivity contribution in [3.8, 4) is 0 Å². The molecule has 1 heterocycles. The Kier molecular flexibility index (Phi) is 3.92. The molecule has 0 saturated heterocycles. The van der Waals surface area contributed by atoms with E-state index in [2.05, 4.69) is 5.10 Å². The van der Waals surface area contributed by atoms with Gasteiger partial charge in [0.15, 0.2) is 5.69 Å². The van der Waals surface area contributed by atoms with E-state index in [-0.39, 0.29) is 4.68 Å². The van der Waals surface area contributed by atoms with Crippen molar-refractivity contribution in [2.24, 2.45) is 0 Å². The largest absolute Gasteiger partial charge is 0.418 e. The lowest BCUT2D eigenvalue weighted by molar-refractivity contribution is -0.136. The van der Waals surface area contributed by atoms with Gasteiger partial charge in [0.1, 0.15) is 0 Å². The van der Waals surface area contributed by atoms with Crippen LogP contribution < -0.4 is 5.32 Å². The van der Waals surface area contributed by atoms with E-state index in [1.165, 1.54) is 12.1 Å². The number of nitrogens with one attached hydrogen (secondary N) is 1. The van der Waals surface area contributed by atoms with Gasteiger partial charge in [-0.25, -0.2) is 4.68 Å². The number of amides is 1. The zero-order chi connectivity index (χ0) is 15.6. The third-order valence-electron chi connectivity index (χ3n) is 2.52. The number of hydrogen-bond donors (Lipinski definition) is 1. The predicted octanol–water partition coefficient (Wildman–Crippen LogP) is 3.55. The van der Waals surface area contributed by atoms with Crippen molar-refractivity contribution in [3.63, 3.8) is 0 Å². The highest BCUT2D eigenvalue weighted by molar-refractivity contribution is 6.03. The Morgan fingerprint density at radius 3 is 2.43 bits per heavy atom. The van der Waals surface area contributed by atoms with Crippen LogP contribution in [0.2, 0.25) is 0 Å². The first kappa shape index (κ1) is 14.9. The number of nitrogens with zero attached hydrogens (tertiary/aromatic N) is 2. The highest BCUT2D eigenvalue weighted by Gasteiger charge is 2.33. The highest BCUT2D eigenvalue weighted by Crippen LogP contribution is 2.34. The standard InChI is InChI=1S/C12H8F5N3O/c13-11(14)20-6-5-9(19-20)10(21)18-8-4-2-1-3-7(8)12(15,16)17/h1-6,11H,(H,18,21). The van der Waals surface area contributed by atoms with Crippen LogP contribution >= 0.6 is 0 Å². The van der Waals surface area contributed by atoms with Crippen LogP contribution in [0.5, 0.6) is 0 Å². The van der Waals surface area contributed by atoms with E-state index < -0.39 is 35.6 Å². The Morgan fingerprint density at radius 1 is 1.19 bits per heavy atom. The monoisotopic (exact) mass is 305 g/mol. The summed E-state index contributed by atoms with van der Waals surface area (Å²) in [7, 11) is 0. The molecule has 21 heavy (non-hydrogen) atoms. The number of aromatic nitrogens is 2. The molecule has 0 aliphatic heterocycles. The van der Waals surface area contributed by atoms with E-state index in [1.54, 1.807) is 0 Å². The number of rotatable bonds is 3. The minimum atomic E-state index is -4.65. The predicted molar refractivity (Wildman–Crippen MR) is 62.9 cm³/mol. The quantitative estimate of drug-likeness (QED) is 0.882. The van der Waals surface area contributed by atoms with Crippen LogP contribution in [0.3, 0.4) is 0 Å². The second-order valence-corrected chi connectivity index (χ2v) is 3.96. The maximum Gasteiger partial charge on any atom is 0.418 e. The van der Waals surface area contributed by atoms with Crippen molar-refractivity contribution in [1.29, 1.82) is 0 Å². The second-order valence-electron chi connectivity index (χ2n) is 3.96. The van der Waals surface area contributed by atoms with Crippen molar-refractivity contribution < 1.29 is 26.7 Å². The average molecular weight is 305 g/mol. The van der Waals surface area contributed by atoms with Gasteiger partial charge in [-0.05, 0) is 18.2 Å². The summed E-state index contributed by atoms with van der Waals surface area (Å²) in [6.07, 6.45) is -3.79. The summed E-state index contributed by atoms with van der Waals surface area (Å²) in [5, 5.41) is 5.28. The van der Waals surface area contributed by atoms with Crippen molar-refractivity contribution >= 4 is 11.6 Å². The molecule has 1 amide bonds. The Labute approximate surface area is 115 Å². The van der Waals surface area contributed by atoms with Crippen LogP contribution in [0.15, 0.2) is 36.5 Å². The molecule has 2 rings (SSSR count). The zero-order valence-corrected chi connectivity index (χ0v) is 10.2. The topological polar surface area (TPSA) is 46.9 Å². The van der Waals surface area contributed by atoms with Crippen LogP contribution in [-0.2, 0) is 6.18 Å². The molecule has 1 N–H and O–H groups in total. The number of carbonyl (C=O) groups is 1. The van der Waals surface area contributed by atoms with E-state index in [0.29, 0.717) is 0 Å². The molecular weight excluding hydrogens is 297 g/mol. The molecule has 0 saturated carbocycles. The Balaban J connectivity index is 2.24. The van der Waals surface area contributed by atoms with Gasteiger partial charge in [-0.2, -0.15) is 27.1 Å². The third kappa shape index (κ3) is 3.36. The van der Waals surface area contributed by atoms with Gasteiger partial charge in [0.25, 0.3) is 5.91 Å². The average Bonchev–Trinajstić information content (AvgIpc) is 2.88. The summed E-state index contributed by atoms with van der Waals surface area (Å²) in [6, 6.07) is 5.32. The summed E-state index contributed by atoms with van der Waals surface area (Å²) < 4.78 is 63.1. The second kappa shape index (κ2) is 5.51. The molecule has 1 aromatic carbocycles. The SMILES string of the molecule is O=C(Nc1ccccc1C(F)(F)F)c1ccn(C(F)F)n1. The molecule has 0 unspecified atom stereocenters. The fourth-order valence-electron chi connectivity index (χ4n) is 1.59. The van der Waals surface area contributed by atoms with Gasteiger partial charge in [0.05, 0.1) is 11.3 Å². The smallest absolute Gasteiger partial charge is 0.320 e. The number of carbonyl (C=O) groups excluding carboxylic acids is 1. The molecule has 2 aromatic rings. The van der Waals surface area contributed by atoms with Crippen molar-refractivity contribution in [3.05, 3.63) is 47.8 Å². The van der Waals surface area contributed by atoms with Crippen molar-refractivity contribution in [1.82, 2.24) is 9.78 Å². The minimum absolute atomic E-state index is 0.227. The lowest BCUT2D eigenvalue weighted by Crippen LogP contribution is -2.17. The number of anilines is 1. The van der Waals surface area contributed by atoms with Gasteiger partial charge < -0.3 is 5.32 Å². The number of halogens is 5. The van der Waals surface area contributed by atoms with E-state index in [0.717, 1.165) is 24.4 Å². The molecule has 112 valence electrons. The number of alkyl halides is 5. The minimum Gasteiger partial charge on any atom is -0.320 e. The molecule has 9 heteroatoms. The molecule has 1 aromatic heterocycles. The zero-order valence-electron chi connectivity index (χ0n) is 10.2. The van der Waals surface area contributed by atoms with Crippen LogP contribution in [0.1, 0.15) is 22.6 Å². The Bertz CT molecular complexity index is 650. The third-order valence-corrected chi connectivity index (χ3v) is 2.52. The van der Waals surface area contributed by atoms with E-state index in [9.17, 15) is 26.7 Å². The summed E-state index contributed by atoms with van der Waals surface area (Å²) >= 11 is 0. The summed E-state index contributed by atoms with van der Waals surface area (Å²) in [5.74, 6) is -1.01. The summed E-state index contributed by atoms with van der Waals surface area (Å²) in [6.45, 7) is -2.94. The molecule has 0 spiro atoms. The van der Waals surface area contributed by atoms with Gasteiger partial charge in [-0.3, -0.25) is 4.79 Å². The number of benzene rings is 1. The first-order chi connectivity index (χ1) is 9.79. The van der Waals surface area contributed by atoms with E-state index in [1.807, 2.05) is 5.32 Å². The molecule has 0 atom stereocenters. The molecule has 4 nitrogen and oxygen atoms in total. The number of para-hydroxylation sites is 1. The van der Waals surface area contributed by atoms with Gasteiger partial charge in [0.2, 0.25) is 0 Å². The van der Waals surface area contributed by atoms with Crippen LogP contribution in [-0.4, -0.2) is 15.7 Å². The first-order valence-corrected chi connectivity index (χ1v) is 5.60. The van der Waals surface area contributed by atoms with Gasteiger partial charge >= 0.3 is 12.7 Å². The fraction of sp³-hybridized carbons (Fsp3) is 0.167. The normalized spacial score (nSPS) is 11.7. The van der Waals surface area contributed by atoms with Gasteiger partial charge in [0, 0.05) is 6.20 Å². The maximum atomic E-state index is 12.7. The Morgan fingerprint density at radius 2 is 1.86 bits per heavy atom. The van der Waals surface area contributed by atoms with Gasteiger partial charge in [-0.15, -0.1) is 0 Å². The van der Waals surface area contributed by atoms with Crippen LogP contribution in [0, 0.1) is 0 Å². The molecule has 0 fully saturated rings. The van der Waals surface area contributed by atoms with Gasteiger partial charge in [-0.1, -0.05) is 12.1 Å². The summed E-state index contributed by atoms with van der Waals surface area (Å²) in [4.78, 5) is 11.7. The van der Waals surface area contributed by atoms with Crippen molar-refractivity contribution in [2.45, 2.75) is 12.7 Å². The molecule has 0 aliphatic carbocycles.